The number of nitrogens with one attached hydrogen (secondary N) is 1. The summed E-state index contributed by atoms with van der Waals surface area (Å²) < 4.78 is 24.4. The monoisotopic (exact) mass is 263 g/mol. The molecule has 0 saturated heterocycles. The molecule has 1 rings (SSSR count). The van der Waals surface area contributed by atoms with E-state index < -0.39 is 12.5 Å². The highest BCUT2D eigenvalue weighted by Crippen LogP contribution is 2.36. The summed E-state index contributed by atoms with van der Waals surface area (Å²) in [5.41, 5.74) is 0.331. The molecule has 0 heterocycles. The van der Waals surface area contributed by atoms with Crippen LogP contribution < -0.4 is 5.32 Å². The zero-order valence-corrected chi connectivity index (χ0v) is 11.8. The average Bonchev–Trinajstić information content (AvgIpc) is 2.50. The van der Waals surface area contributed by atoms with Gasteiger partial charge in [-0.25, -0.2) is 8.78 Å². The molecule has 0 aromatic rings. The van der Waals surface area contributed by atoms with Gasteiger partial charge in [0.2, 0.25) is 0 Å². The van der Waals surface area contributed by atoms with Gasteiger partial charge < -0.3 is 10.4 Å². The molecular weight excluding hydrogens is 236 g/mol. The molecule has 1 saturated carbocycles. The first-order valence-electron chi connectivity index (χ1n) is 7.00. The average molecular weight is 263 g/mol. The van der Waals surface area contributed by atoms with Crippen molar-refractivity contribution in [2.75, 3.05) is 6.54 Å². The minimum atomic E-state index is -2.65. The van der Waals surface area contributed by atoms with Crippen LogP contribution in [-0.4, -0.2) is 30.2 Å². The molecule has 1 aliphatic carbocycles. The highest BCUT2D eigenvalue weighted by molar-refractivity contribution is 4.81. The first-order chi connectivity index (χ1) is 8.30. The topological polar surface area (TPSA) is 32.3 Å². The minimum absolute atomic E-state index is 0.00250. The Hall–Kier alpha value is -0.220. The predicted molar refractivity (Wildman–Crippen MR) is 69.8 cm³/mol. The summed E-state index contributed by atoms with van der Waals surface area (Å²) in [7, 11) is 0. The van der Waals surface area contributed by atoms with Crippen molar-refractivity contribution in [2.24, 2.45) is 11.3 Å². The maximum atomic E-state index is 12.2. The summed E-state index contributed by atoms with van der Waals surface area (Å²) in [6.07, 6.45) is 1.38. The zero-order chi connectivity index (χ0) is 13.8. The van der Waals surface area contributed by atoms with Crippen LogP contribution >= 0.6 is 0 Å². The minimum Gasteiger partial charge on any atom is -0.386 e. The Bertz CT molecular complexity index is 240. The van der Waals surface area contributed by atoms with E-state index in [4.69, 9.17) is 5.11 Å². The molecule has 1 aliphatic rings. The second kappa shape index (κ2) is 6.80. The number of hydrogen-bond donors (Lipinski definition) is 2. The quantitative estimate of drug-likeness (QED) is 0.763. The van der Waals surface area contributed by atoms with Gasteiger partial charge in [-0.3, -0.25) is 0 Å². The van der Waals surface area contributed by atoms with Gasteiger partial charge >= 0.3 is 0 Å². The van der Waals surface area contributed by atoms with E-state index >= 15 is 0 Å². The lowest BCUT2D eigenvalue weighted by molar-refractivity contribution is -0.00485. The third kappa shape index (κ3) is 5.19. The molecule has 0 amide bonds. The first-order valence-corrected chi connectivity index (χ1v) is 7.00. The number of aliphatic hydroxyl groups excluding tert-OH is 1. The number of hydrogen-bond acceptors (Lipinski definition) is 2. The van der Waals surface area contributed by atoms with Crippen LogP contribution in [0.2, 0.25) is 0 Å². The van der Waals surface area contributed by atoms with Gasteiger partial charge in [0, 0.05) is 12.6 Å². The number of alkyl halides is 2. The van der Waals surface area contributed by atoms with E-state index in [1.165, 1.54) is 6.42 Å². The van der Waals surface area contributed by atoms with Crippen molar-refractivity contribution in [1.82, 2.24) is 5.32 Å². The van der Waals surface area contributed by atoms with Gasteiger partial charge in [0.05, 0.1) is 0 Å². The maximum Gasteiger partial charge on any atom is 0.265 e. The van der Waals surface area contributed by atoms with Crippen LogP contribution in [0.4, 0.5) is 8.78 Å². The third-order valence-corrected chi connectivity index (χ3v) is 4.10. The van der Waals surface area contributed by atoms with E-state index in [-0.39, 0.29) is 12.6 Å². The first kappa shape index (κ1) is 15.8. The normalized spacial score (nSPS) is 28.2. The predicted octanol–water partition coefficient (Wildman–Crippen LogP) is 3.20. The van der Waals surface area contributed by atoms with Gasteiger partial charge in [-0.15, -0.1) is 0 Å². The van der Waals surface area contributed by atoms with E-state index in [9.17, 15) is 8.78 Å². The van der Waals surface area contributed by atoms with Crippen LogP contribution in [-0.2, 0) is 0 Å². The Morgan fingerprint density at radius 1 is 1.17 bits per heavy atom. The summed E-state index contributed by atoms with van der Waals surface area (Å²) in [6.45, 7) is 6.81. The van der Waals surface area contributed by atoms with Gasteiger partial charge in [0.25, 0.3) is 6.43 Å². The summed E-state index contributed by atoms with van der Waals surface area (Å²) in [5, 5.41) is 12.2. The van der Waals surface area contributed by atoms with Crippen LogP contribution in [0.15, 0.2) is 0 Å². The van der Waals surface area contributed by atoms with Crippen LogP contribution in [0.1, 0.15) is 52.9 Å². The summed E-state index contributed by atoms with van der Waals surface area (Å²) in [6, 6.07) is 0.283. The van der Waals surface area contributed by atoms with E-state index in [0.717, 1.165) is 25.7 Å². The second-order valence-electron chi connectivity index (χ2n) is 6.58. The molecule has 18 heavy (non-hydrogen) atoms. The van der Waals surface area contributed by atoms with E-state index in [1.807, 2.05) is 0 Å². The largest absolute Gasteiger partial charge is 0.386 e. The Morgan fingerprint density at radius 2 is 1.83 bits per heavy atom. The van der Waals surface area contributed by atoms with Crippen LogP contribution in [0.3, 0.4) is 0 Å². The van der Waals surface area contributed by atoms with Crippen LogP contribution in [0.5, 0.6) is 0 Å². The molecular formula is C14H27F2NO. The van der Waals surface area contributed by atoms with Gasteiger partial charge in [-0.1, -0.05) is 27.2 Å². The molecule has 0 aromatic heterocycles. The van der Waals surface area contributed by atoms with Gasteiger partial charge in [-0.2, -0.15) is 0 Å². The van der Waals surface area contributed by atoms with Gasteiger partial charge in [-0.05, 0) is 37.0 Å². The molecule has 0 bridgehead atoms. The molecule has 0 aromatic carbocycles. The van der Waals surface area contributed by atoms with Crippen molar-refractivity contribution in [2.45, 2.75) is 71.4 Å². The molecule has 3 unspecified atom stereocenters. The highest BCUT2D eigenvalue weighted by Gasteiger charge is 2.28. The smallest absolute Gasteiger partial charge is 0.265 e. The molecule has 1 fully saturated rings. The molecule has 2 N–H and O–H groups in total. The molecule has 4 heteroatoms. The van der Waals surface area contributed by atoms with Crippen molar-refractivity contribution in [3.63, 3.8) is 0 Å². The Kier molecular flexibility index (Phi) is 5.99. The molecule has 0 radical (unpaired) electrons. The number of halogens is 2. The lowest BCUT2D eigenvalue weighted by Gasteiger charge is -2.29. The fraction of sp³-hybridized carbons (Fsp3) is 1.00. The number of aliphatic hydroxyl groups is 1. The SMILES string of the molecule is CC(C)(C)C1CCCC(NCC(O)C(F)F)CC1. The standard InChI is InChI=1S/C14H27F2NO/c1-14(2,3)10-5-4-6-11(8-7-10)17-9-12(18)13(15)16/h10-13,17-18H,4-9H2,1-3H3. The lowest BCUT2D eigenvalue weighted by atomic mass is 9.76. The molecule has 0 aliphatic heterocycles. The lowest BCUT2D eigenvalue weighted by Crippen LogP contribution is -2.38. The maximum absolute atomic E-state index is 12.2. The van der Waals surface area contributed by atoms with E-state index in [0.29, 0.717) is 11.3 Å². The molecule has 108 valence electrons. The molecule has 3 atom stereocenters. The van der Waals surface area contributed by atoms with Crippen LogP contribution in [0, 0.1) is 11.3 Å². The van der Waals surface area contributed by atoms with Crippen molar-refractivity contribution in [3.05, 3.63) is 0 Å². The van der Waals surface area contributed by atoms with Crippen molar-refractivity contribution in [1.29, 1.82) is 0 Å². The van der Waals surface area contributed by atoms with Crippen molar-refractivity contribution >= 4 is 0 Å². The third-order valence-electron chi connectivity index (χ3n) is 4.10. The number of rotatable bonds is 4. The van der Waals surface area contributed by atoms with E-state index in [1.54, 1.807) is 0 Å². The second-order valence-corrected chi connectivity index (χ2v) is 6.58. The van der Waals surface area contributed by atoms with E-state index in [2.05, 4.69) is 26.1 Å². The Morgan fingerprint density at radius 3 is 2.39 bits per heavy atom. The van der Waals surface area contributed by atoms with Crippen molar-refractivity contribution < 1.29 is 13.9 Å². The van der Waals surface area contributed by atoms with Crippen LogP contribution in [0.25, 0.3) is 0 Å². The van der Waals surface area contributed by atoms with Gasteiger partial charge in [0.15, 0.2) is 0 Å². The Balaban J connectivity index is 2.34. The highest BCUT2D eigenvalue weighted by atomic mass is 19.3. The molecule has 2 nitrogen and oxygen atoms in total. The zero-order valence-electron chi connectivity index (χ0n) is 11.8. The molecule has 0 spiro atoms. The summed E-state index contributed by atoms with van der Waals surface area (Å²) >= 11 is 0. The van der Waals surface area contributed by atoms with Gasteiger partial charge in [0.1, 0.15) is 6.10 Å². The fourth-order valence-corrected chi connectivity index (χ4v) is 2.75. The van der Waals surface area contributed by atoms with Crippen molar-refractivity contribution in [3.8, 4) is 0 Å². The Labute approximate surface area is 109 Å². The summed E-state index contributed by atoms with van der Waals surface area (Å²) in [5.74, 6) is 0.712. The fourth-order valence-electron chi connectivity index (χ4n) is 2.75. The summed E-state index contributed by atoms with van der Waals surface area (Å²) in [4.78, 5) is 0.